The number of carbonyl (C=O) groups is 1. The number of hydrogen-bond donors (Lipinski definition) is 1. The second kappa shape index (κ2) is 7.82. The van der Waals surface area contributed by atoms with E-state index < -0.39 is 0 Å². The number of rotatable bonds is 6. The molecule has 2 rings (SSSR count). The van der Waals surface area contributed by atoms with E-state index in [1.165, 1.54) is 11.1 Å². The predicted molar refractivity (Wildman–Crippen MR) is 93.8 cm³/mol. The van der Waals surface area contributed by atoms with Crippen LogP contribution in [0.2, 0.25) is 0 Å². The first kappa shape index (κ1) is 17.1. The summed E-state index contributed by atoms with van der Waals surface area (Å²) in [4.78, 5) is 12.2. The summed E-state index contributed by atoms with van der Waals surface area (Å²) in [6.07, 6.45) is 0.846. The largest absolute Gasteiger partial charge is 0.484 e. The summed E-state index contributed by atoms with van der Waals surface area (Å²) < 4.78 is 5.64. The topological polar surface area (TPSA) is 38.3 Å². The maximum atomic E-state index is 12.2. The molecule has 3 nitrogen and oxygen atoms in total. The van der Waals surface area contributed by atoms with Crippen molar-refractivity contribution in [3.05, 3.63) is 64.7 Å². The number of aryl methyl sites for hydroxylation is 3. The summed E-state index contributed by atoms with van der Waals surface area (Å²) >= 11 is 0. The molecule has 0 aliphatic heterocycles. The van der Waals surface area contributed by atoms with Crippen LogP contribution in [0.4, 0.5) is 0 Å². The highest BCUT2D eigenvalue weighted by molar-refractivity contribution is 5.78. The van der Waals surface area contributed by atoms with E-state index in [0.29, 0.717) is 0 Å². The van der Waals surface area contributed by atoms with Gasteiger partial charge >= 0.3 is 0 Å². The average molecular weight is 311 g/mol. The van der Waals surface area contributed by atoms with Crippen LogP contribution in [0, 0.1) is 20.8 Å². The highest BCUT2D eigenvalue weighted by Gasteiger charge is 2.13. The molecule has 0 spiro atoms. The summed E-state index contributed by atoms with van der Waals surface area (Å²) in [5, 5.41) is 3.04. The van der Waals surface area contributed by atoms with E-state index in [9.17, 15) is 4.79 Å². The zero-order chi connectivity index (χ0) is 16.8. The molecule has 0 bridgehead atoms. The van der Waals surface area contributed by atoms with Gasteiger partial charge in [-0.25, -0.2) is 0 Å². The van der Waals surface area contributed by atoms with Gasteiger partial charge in [0.25, 0.3) is 5.91 Å². The third kappa shape index (κ3) is 4.85. The highest BCUT2D eigenvalue weighted by Crippen LogP contribution is 2.19. The van der Waals surface area contributed by atoms with Crippen LogP contribution in [0.3, 0.4) is 0 Å². The van der Waals surface area contributed by atoms with Gasteiger partial charge in [-0.3, -0.25) is 4.79 Å². The van der Waals surface area contributed by atoms with Crippen molar-refractivity contribution >= 4 is 5.91 Å². The zero-order valence-electron chi connectivity index (χ0n) is 14.3. The van der Waals surface area contributed by atoms with Gasteiger partial charge in [0.15, 0.2) is 6.61 Å². The number of ether oxygens (including phenoxy) is 1. The lowest BCUT2D eigenvalue weighted by molar-refractivity contribution is -0.123. The van der Waals surface area contributed by atoms with Crippen LogP contribution in [-0.4, -0.2) is 12.5 Å². The van der Waals surface area contributed by atoms with Crippen molar-refractivity contribution in [2.45, 2.75) is 40.2 Å². The fourth-order valence-electron chi connectivity index (χ4n) is 2.56. The summed E-state index contributed by atoms with van der Waals surface area (Å²) in [7, 11) is 0. The molecule has 0 fully saturated rings. The molecule has 1 amide bonds. The van der Waals surface area contributed by atoms with Crippen molar-refractivity contribution in [3.8, 4) is 5.75 Å². The Kier molecular flexibility index (Phi) is 5.80. The molecule has 1 atom stereocenters. The standard InChI is InChI=1S/C20H25NO2/c1-5-18(17-9-6-14(2)7-10-17)21-20(22)13-23-19-11-8-15(3)12-16(19)4/h6-12,18H,5,13H2,1-4H3,(H,21,22)/t18-/m0/s1. The molecule has 0 aliphatic carbocycles. The lowest BCUT2D eigenvalue weighted by atomic mass is 10.0. The lowest BCUT2D eigenvalue weighted by Crippen LogP contribution is -2.32. The van der Waals surface area contributed by atoms with Gasteiger partial charge in [0.05, 0.1) is 6.04 Å². The Bertz CT molecular complexity index is 662. The van der Waals surface area contributed by atoms with Crippen LogP contribution < -0.4 is 10.1 Å². The monoisotopic (exact) mass is 311 g/mol. The normalized spacial score (nSPS) is 11.8. The molecule has 0 radical (unpaired) electrons. The molecule has 1 N–H and O–H groups in total. The van der Waals surface area contributed by atoms with Gasteiger partial charge in [-0.1, -0.05) is 54.4 Å². The fraction of sp³-hybridized carbons (Fsp3) is 0.350. The van der Waals surface area contributed by atoms with Crippen LogP contribution in [0.25, 0.3) is 0 Å². The predicted octanol–water partition coefficient (Wildman–Crippen LogP) is 4.26. The maximum Gasteiger partial charge on any atom is 0.258 e. The maximum absolute atomic E-state index is 12.2. The third-order valence-corrected chi connectivity index (χ3v) is 3.91. The highest BCUT2D eigenvalue weighted by atomic mass is 16.5. The molecular weight excluding hydrogens is 286 g/mol. The molecule has 0 unspecified atom stereocenters. The molecule has 122 valence electrons. The van der Waals surface area contributed by atoms with E-state index in [4.69, 9.17) is 4.74 Å². The minimum atomic E-state index is -0.0996. The fourth-order valence-corrected chi connectivity index (χ4v) is 2.56. The van der Waals surface area contributed by atoms with Gasteiger partial charge in [-0.05, 0) is 44.4 Å². The molecule has 0 saturated heterocycles. The first-order chi connectivity index (χ1) is 11.0. The van der Waals surface area contributed by atoms with Crippen LogP contribution in [-0.2, 0) is 4.79 Å². The summed E-state index contributed by atoms with van der Waals surface area (Å²) in [5.41, 5.74) is 4.57. The van der Waals surface area contributed by atoms with Crippen LogP contribution in [0.1, 0.15) is 41.6 Å². The molecule has 2 aromatic carbocycles. The molecule has 3 heteroatoms. The van der Waals surface area contributed by atoms with Crippen molar-refractivity contribution in [2.24, 2.45) is 0 Å². The number of hydrogen-bond acceptors (Lipinski definition) is 2. The van der Waals surface area contributed by atoms with Gasteiger partial charge in [-0.2, -0.15) is 0 Å². The molecular formula is C20H25NO2. The van der Waals surface area contributed by atoms with E-state index >= 15 is 0 Å². The molecule has 23 heavy (non-hydrogen) atoms. The van der Waals surface area contributed by atoms with Gasteiger partial charge in [0, 0.05) is 0 Å². The number of nitrogens with one attached hydrogen (secondary N) is 1. The van der Waals surface area contributed by atoms with Crippen molar-refractivity contribution in [3.63, 3.8) is 0 Å². The van der Waals surface area contributed by atoms with E-state index in [-0.39, 0.29) is 18.6 Å². The van der Waals surface area contributed by atoms with Gasteiger partial charge in [-0.15, -0.1) is 0 Å². The van der Waals surface area contributed by atoms with Crippen LogP contribution in [0.15, 0.2) is 42.5 Å². The number of amides is 1. The minimum Gasteiger partial charge on any atom is -0.484 e. The van der Waals surface area contributed by atoms with Gasteiger partial charge < -0.3 is 10.1 Å². The Morgan fingerprint density at radius 2 is 1.70 bits per heavy atom. The van der Waals surface area contributed by atoms with Crippen molar-refractivity contribution < 1.29 is 9.53 Å². The van der Waals surface area contributed by atoms with E-state index in [1.54, 1.807) is 0 Å². The van der Waals surface area contributed by atoms with Crippen molar-refractivity contribution in [2.75, 3.05) is 6.61 Å². The summed E-state index contributed by atoms with van der Waals surface area (Å²) in [6, 6.07) is 14.2. The first-order valence-corrected chi connectivity index (χ1v) is 8.05. The zero-order valence-corrected chi connectivity index (χ0v) is 14.3. The lowest BCUT2D eigenvalue weighted by Gasteiger charge is -2.18. The summed E-state index contributed by atoms with van der Waals surface area (Å²) in [5.74, 6) is 0.659. The van der Waals surface area contributed by atoms with Gasteiger partial charge in [0.1, 0.15) is 5.75 Å². The van der Waals surface area contributed by atoms with E-state index in [0.717, 1.165) is 23.3 Å². The molecule has 0 saturated carbocycles. The molecule has 0 aliphatic rings. The summed E-state index contributed by atoms with van der Waals surface area (Å²) in [6.45, 7) is 8.18. The quantitative estimate of drug-likeness (QED) is 0.865. The molecule has 2 aromatic rings. The van der Waals surface area contributed by atoms with Gasteiger partial charge in [0.2, 0.25) is 0 Å². The van der Waals surface area contributed by atoms with Crippen molar-refractivity contribution in [1.82, 2.24) is 5.32 Å². The minimum absolute atomic E-state index is 0.0193. The SMILES string of the molecule is CC[C@H](NC(=O)COc1ccc(C)cc1C)c1ccc(C)cc1. The van der Waals surface area contributed by atoms with Crippen LogP contribution >= 0.6 is 0 Å². The second-order valence-electron chi connectivity index (χ2n) is 6.00. The first-order valence-electron chi connectivity index (χ1n) is 8.05. The van der Waals surface area contributed by atoms with E-state index in [2.05, 4.69) is 43.4 Å². The number of benzene rings is 2. The Morgan fingerprint density at radius 3 is 2.30 bits per heavy atom. The average Bonchev–Trinajstić information content (AvgIpc) is 2.52. The smallest absolute Gasteiger partial charge is 0.258 e. The third-order valence-electron chi connectivity index (χ3n) is 3.91. The van der Waals surface area contributed by atoms with E-state index in [1.807, 2.05) is 32.0 Å². The number of carbonyl (C=O) groups excluding carboxylic acids is 1. The Labute approximate surface area is 138 Å². The molecule has 0 aromatic heterocycles. The van der Waals surface area contributed by atoms with Crippen molar-refractivity contribution in [1.29, 1.82) is 0 Å². The van der Waals surface area contributed by atoms with Crippen LogP contribution in [0.5, 0.6) is 5.75 Å². The second-order valence-corrected chi connectivity index (χ2v) is 6.00. The Balaban J connectivity index is 1.93. The molecule has 0 heterocycles. The Hall–Kier alpha value is -2.29. The Morgan fingerprint density at radius 1 is 1.04 bits per heavy atom.